The maximum Gasteiger partial charge on any atom is 0.0813 e. The molecule has 4 heteroatoms. The number of ether oxygens (including phenoxy) is 2. The number of hydrogen-bond acceptors (Lipinski definition) is 4. The molecule has 102 valence electrons. The molecule has 1 aliphatic rings. The summed E-state index contributed by atoms with van der Waals surface area (Å²) in [6, 6.07) is 0.536. The van der Waals surface area contributed by atoms with Crippen LogP contribution in [0.4, 0.5) is 0 Å². The van der Waals surface area contributed by atoms with Crippen LogP contribution in [0.1, 0.15) is 26.7 Å². The van der Waals surface area contributed by atoms with Gasteiger partial charge in [0.2, 0.25) is 0 Å². The SMILES string of the molecule is CC(C)NCC1CCC(COCCN(C)C)O1. The van der Waals surface area contributed by atoms with Gasteiger partial charge in [-0.05, 0) is 26.9 Å². The van der Waals surface area contributed by atoms with Gasteiger partial charge < -0.3 is 19.7 Å². The van der Waals surface area contributed by atoms with Crippen LogP contribution in [0.15, 0.2) is 0 Å². The topological polar surface area (TPSA) is 33.7 Å². The van der Waals surface area contributed by atoms with E-state index in [1.54, 1.807) is 0 Å². The van der Waals surface area contributed by atoms with Gasteiger partial charge in [0.1, 0.15) is 0 Å². The number of rotatable bonds is 8. The highest BCUT2D eigenvalue weighted by Gasteiger charge is 2.24. The van der Waals surface area contributed by atoms with Gasteiger partial charge in [0.25, 0.3) is 0 Å². The van der Waals surface area contributed by atoms with Crippen molar-refractivity contribution in [2.75, 3.05) is 40.4 Å². The van der Waals surface area contributed by atoms with E-state index in [0.717, 1.165) is 39.1 Å². The second-order valence-corrected chi connectivity index (χ2v) is 5.40. The van der Waals surface area contributed by atoms with Gasteiger partial charge in [-0.3, -0.25) is 0 Å². The number of likely N-dealkylation sites (N-methyl/N-ethyl adjacent to an activating group) is 1. The molecule has 2 unspecified atom stereocenters. The monoisotopic (exact) mass is 244 g/mol. The minimum Gasteiger partial charge on any atom is -0.377 e. The first-order valence-electron chi connectivity index (χ1n) is 6.69. The van der Waals surface area contributed by atoms with Crippen LogP contribution >= 0.6 is 0 Å². The van der Waals surface area contributed by atoms with E-state index in [1.807, 2.05) is 0 Å². The van der Waals surface area contributed by atoms with Gasteiger partial charge in [-0.25, -0.2) is 0 Å². The summed E-state index contributed by atoms with van der Waals surface area (Å²) in [5, 5.41) is 3.42. The number of nitrogens with zero attached hydrogens (tertiary/aromatic N) is 1. The molecule has 1 fully saturated rings. The molecular formula is C13H28N2O2. The molecule has 0 radical (unpaired) electrons. The normalized spacial score (nSPS) is 25.1. The molecule has 0 aromatic carbocycles. The van der Waals surface area contributed by atoms with Crippen molar-refractivity contribution in [2.45, 2.75) is 44.9 Å². The summed E-state index contributed by atoms with van der Waals surface area (Å²) in [7, 11) is 4.12. The molecule has 1 rings (SSSR count). The second-order valence-electron chi connectivity index (χ2n) is 5.40. The Labute approximate surface area is 106 Å². The average Bonchev–Trinajstić information content (AvgIpc) is 2.69. The smallest absolute Gasteiger partial charge is 0.0813 e. The van der Waals surface area contributed by atoms with E-state index < -0.39 is 0 Å². The van der Waals surface area contributed by atoms with Gasteiger partial charge in [0.15, 0.2) is 0 Å². The summed E-state index contributed by atoms with van der Waals surface area (Å²) in [4.78, 5) is 2.13. The minimum atomic E-state index is 0.302. The van der Waals surface area contributed by atoms with Crippen molar-refractivity contribution >= 4 is 0 Å². The lowest BCUT2D eigenvalue weighted by molar-refractivity contribution is -0.0168. The molecule has 1 saturated heterocycles. The third-order valence-electron chi connectivity index (χ3n) is 2.94. The third kappa shape index (κ3) is 6.99. The Bertz CT molecular complexity index is 198. The molecule has 0 amide bonds. The lowest BCUT2D eigenvalue weighted by Crippen LogP contribution is -2.32. The van der Waals surface area contributed by atoms with Crippen LogP contribution in [-0.2, 0) is 9.47 Å². The Morgan fingerprint density at radius 2 is 2.00 bits per heavy atom. The van der Waals surface area contributed by atoms with Crippen molar-refractivity contribution < 1.29 is 9.47 Å². The standard InChI is InChI=1S/C13H28N2O2/c1-11(2)14-9-12-5-6-13(17-12)10-16-8-7-15(3)4/h11-14H,5-10H2,1-4H3. The number of hydrogen-bond donors (Lipinski definition) is 1. The first-order chi connectivity index (χ1) is 8.08. The Morgan fingerprint density at radius 1 is 1.29 bits per heavy atom. The molecule has 0 aromatic rings. The zero-order valence-electron chi connectivity index (χ0n) is 11.7. The van der Waals surface area contributed by atoms with Crippen molar-refractivity contribution in [1.82, 2.24) is 10.2 Å². The quantitative estimate of drug-likeness (QED) is 0.649. The van der Waals surface area contributed by atoms with Crippen LogP contribution in [0.5, 0.6) is 0 Å². The predicted molar refractivity (Wildman–Crippen MR) is 70.4 cm³/mol. The van der Waals surface area contributed by atoms with Crippen LogP contribution in [0, 0.1) is 0 Å². The van der Waals surface area contributed by atoms with Crippen LogP contribution < -0.4 is 5.32 Å². The molecule has 1 N–H and O–H groups in total. The Kier molecular flexibility index (Phi) is 7.04. The van der Waals surface area contributed by atoms with Crippen LogP contribution in [-0.4, -0.2) is 63.5 Å². The van der Waals surface area contributed by atoms with Crippen LogP contribution in [0.3, 0.4) is 0 Å². The number of nitrogens with one attached hydrogen (secondary N) is 1. The van der Waals surface area contributed by atoms with Gasteiger partial charge in [0, 0.05) is 19.1 Å². The Balaban J connectivity index is 2.01. The summed E-state index contributed by atoms with van der Waals surface area (Å²) in [6.45, 7) is 7.80. The lowest BCUT2D eigenvalue weighted by Gasteiger charge is -2.16. The zero-order valence-corrected chi connectivity index (χ0v) is 11.7. The molecular weight excluding hydrogens is 216 g/mol. The molecule has 17 heavy (non-hydrogen) atoms. The molecule has 1 aliphatic heterocycles. The zero-order chi connectivity index (χ0) is 12.7. The summed E-state index contributed by atoms with van der Waals surface area (Å²) in [5.74, 6) is 0. The van der Waals surface area contributed by atoms with Crippen molar-refractivity contribution in [3.63, 3.8) is 0 Å². The first-order valence-corrected chi connectivity index (χ1v) is 6.69. The van der Waals surface area contributed by atoms with Gasteiger partial charge in [-0.15, -0.1) is 0 Å². The summed E-state index contributed by atoms with van der Waals surface area (Å²) >= 11 is 0. The minimum absolute atomic E-state index is 0.302. The van der Waals surface area contributed by atoms with Crippen molar-refractivity contribution in [2.24, 2.45) is 0 Å². The van der Waals surface area contributed by atoms with E-state index in [2.05, 4.69) is 38.2 Å². The van der Waals surface area contributed by atoms with E-state index >= 15 is 0 Å². The van der Waals surface area contributed by atoms with Crippen molar-refractivity contribution in [3.05, 3.63) is 0 Å². The third-order valence-corrected chi connectivity index (χ3v) is 2.94. The molecule has 0 aliphatic carbocycles. The van der Waals surface area contributed by atoms with E-state index in [-0.39, 0.29) is 0 Å². The van der Waals surface area contributed by atoms with Crippen molar-refractivity contribution in [3.8, 4) is 0 Å². The van der Waals surface area contributed by atoms with E-state index in [9.17, 15) is 0 Å². The first kappa shape index (κ1) is 14.9. The maximum absolute atomic E-state index is 5.92. The highest BCUT2D eigenvalue weighted by atomic mass is 16.5. The van der Waals surface area contributed by atoms with Crippen LogP contribution in [0.2, 0.25) is 0 Å². The highest BCUT2D eigenvalue weighted by Crippen LogP contribution is 2.19. The molecule has 2 atom stereocenters. The summed E-state index contributed by atoms with van der Waals surface area (Å²) in [5.41, 5.74) is 0. The molecule has 0 aromatic heterocycles. The Morgan fingerprint density at radius 3 is 2.65 bits per heavy atom. The summed E-state index contributed by atoms with van der Waals surface area (Å²) < 4.78 is 11.5. The molecule has 0 saturated carbocycles. The fourth-order valence-electron chi connectivity index (χ4n) is 1.88. The highest BCUT2D eigenvalue weighted by molar-refractivity contribution is 4.75. The predicted octanol–water partition coefficient (Wildman–Crippen LogP) is 1.11. The van der Waals surface area contributed by atoms with Gasteiger partial charge >= 0.3 is 0 Å². The molecule has 0 spiro atoms. The lowest BCUT2D eigenvalue weighted by atomic mass is 10.2. The van der Waals surface area contributed by atoms with E-state index in [1.165, 1.54) is 0 Å². The second kappa shape index (κ2) is 8.03. The van der Waals surface area contributed by atoms with E-state index in [4.69, 9.17) is 9.47 Å². The maximum atomic E-state index is 5.92. The van der Waals surface area contributed by atoms with Gasteiger partial charge in [0.05, 0.1) is 25.4 Å². The average molecular weight is 244 g/mol. The fourth-order valence-corrected chi connectivity index (χ4v) is 1.88. The van der Waals surface area contributed by atoms with Gasteiger partial charge in [-0.2, -0.15) is 0 Å². The fraction of sp³-hybridized carbons (Fsp3) is 1.00. The van der Waals surface area contributed by atoms with E-state index in [0.29, 0.717) is 18.2 Å². The molecule has 0 bridgehead atoms. The molecule has 1 heterocycles. The Hall–Kier alpha value is -0.160. The van der Waals surface area contributed by atoms with Crippen LogP contribution in [0.25, 0.3) is 0 Å². The largest absolute Gasteiger partial charge is 0.377 e. The van der Waals surface area contributed by atoms with Gasteiger partial charge in [-0.1, -0.05) is 13.8 Å². The molecule has 4 nitrogen and oxygen atoms in total. The summed E-state index contributed by atoms with van der Waals surface area (Å²) in [6.07, 6.45) is 2.96. The van der Waals surface area contributed by atoms with Crippen molar-refractivity contribution in [1.29, 1.82) is 0 Å².